The number of hydrogen-bond donors (Lipinski definition) is 2. The molecule has 1 aromatic rings. The molecule has 0 saturated heterocycles. The maximum Gasteiger partial charge on any atom is 0.249 e. The number of hydrogen-bond acceptors (Lipinski definition) is 3. The van der Waals surface area contributed by atoms with Crippen LogP contribution in [-0.2, 0) is 22.6 Å². The van der Waals surface area contributed by atoms with Gasteiger partial charge in [0.2, 0.25) is 5.91 Å². The molecule has 0 aromatic heterocycles. The van der Waals surface area contributed by atoms with Crippen molar-refractivity contribution in [2.45, 2.75) is 64.3 Å². The van der Waals surface area contributed by atoms with E-state index in [-0.39, 0.29) is 24.7 Å². The maximum atomic E-state index is 12.2. The quantitative estimate of drug-likeness (QED) is 0.776. The molecule has 4 heteroatoms. The molecule has 0 spiro atoms. The van der Waals surface area contributed by atoms with Crippen molar-refractivity contribution in [3.8, 4) is 0 Å². The van der Waals surface area contributed by atoms with Gasteiger partial charge >= 0.3 is 0 Å². The molecular formula is C18H27NO3. The zero-order valence-corrected chi connectivity index (χ0v) is 13.4. The van der Waals surface area contributed by atoms with Crippen molar-refractivity contribution in [3.63, 3.8) is 0 Å². The van der Waals surface area contributed by atoms with Gasteiger partial charge in [-0.15, -0.1) is 0 Å². The molecule has 1 unspecified atom stereocenters. The largest absolute Gasteiger partial charge is 0.392 e. The molecule has 0 bridgehead atoms. The summed E-state index contributed by atoms with van der Waals surface area (Å²) in [6.45, 7) is 2.67. The topological polar surface area (TPSA) is 58.6 Å². The van der Waals surface area contributed by atoms with E-state index in [4.69, 9.17) is 9.84 Å². The molecule has 2 N–H and O–H groups in total. The van der Waals surface area contributed by atoms with E-state index >= 15 is 0 Å². The normalized spacial score (nSPS) is 16.6. The summed E-state index contributed by atoms with van der Waals surface area (Å²) in [6.07, 6.45) is 6.05. The molecule has 1 aliphatic rings. The fourth-order valence-electron chi connectivity index (χ4n) is 2.86. The Balaban J connectivity index is 1.72. The average molecular weight is 305 g/mol. The van der Waals surface area contributed by atoms with Crippen LogP contribution >= 0.6 is 0 Å². The Labute approximate surface area is 132 Å². The molecule has 1 amide bonds. The Morgan fingerprint density at radius 3 is 2.50 bits per heavy atom. The summed E-state index contributed by atoms with van der Waals surface area (Å²) in [5, 5.41) is 12.0. The zero-order valence-electron chi connectivity index (χ0n) is 13.4. The van der Waals surface area contributed by atoms with Crippen LogP contribution in [0, 0.1) is 0 Å². The highest BCUT2D eigenvalue weighted by Gasteiger charge is 2.23. The monoisotopic (exact) mass is 305 g/mol. The van der Waals surface area contributed by atoms with Gasteiger partial charge in [0.05, 0.1) is 12.7 Å². The predicted molar refractivity (Wildman–Crippen MR) is 86.5 cm³/mol. The summed E-state index contributed by atoms with van der Waals surface area (Å²) in [4.78, 5) is 12.2. The SMILES string of the molecule is CCC(OC1CCCC1)C(=O)NCCc1ccc(CO)cc1. The van der Waals surface area contributed by atoms with E-state index in [1.165, 1.54) is 12.8 Å². The number of carbonyl (C=O) groups is 1. The summed E-state index contributed by atoms with van der Waals surface area (Å²) in [7, 11) is 0. The lowest BCUT2D eigenvalue weighted by molar-refractivity contribution is -0.136. The molecule has 1 aliphatic carbocycles. The average Bonchev–Trinajstić information content (AvgIpc) is 3.06. The van der Waals surface area contributed by atoms with Gasteiger partial charge in [0.1, 0.15) is 6.10 Å². The lowest BCUT2D eigenvalue weighted by Crippen LogP contribution is -2.38. The first-order valence-electron chi connectivity index (χ1n) is 8.34. The van der Waals surface area contributed by atoms with Crippen molar-refractivity contribution < 1.29 is 14.6 Å². The fraction of sp³-hybridized carbons (Fsp3) is 0.611. The highest BCUT2D eigenvalue weighted by molar-refractivity contribution is 5.80. The standard InChI is InChI=1S/C18H27NO3/c1-2-17(22-16-5-3-4-6-16)18(21)19-12-11-14-7-9-15(13-20)10-8-14/h7-10,16-17,20H,2-6,11-13H2,1H3,(H,19,21). The first-order chi connectivity index (χ1) is 10.7. The second-order valence-electron chi connectivity index (χ2n) is 5.96. The summed E-state index contributed by atoms with van der Waals surface area (Å²) in [6, 6.07) is 7.80. The summed E-state index contributed by atoms with van der Waals surface area (Å²) in [5.41, 5.74) is 2.06. The Morgan fingerprint density at radius 1 is 1.27 bits per heavy atom. The number of rotatable bonds is 8. The van der Waals surface area contributed by atoms with Crippen molar-refractivity contribution in [1.82, 2.24) is 5.32 Å². The van der Waals surface area contributed by atoms with E-state index in [0.29, 0.717) is 13.0 Å². The van der Waals surface area contributed by atoms with Gasteiger partial charge in [-0.2, -0.15) is 0 Å². The Kier molecular flexibility index (Phi) is 6.87. The fourth-order valence-corrected chi connectivity index (χ4v) is 2.86. The van der Waals surface area contributed by atoms with E-state index in [0.717, 1.165) is 30.4 Å². The van der Waals surface area contributed by atoms with Crippen LogP contribution in [0.25, 0.3) is 0 Å². The van der Waals surface area contributed by atoms with Crippen LogP contribution in [0.4, 0.5) is 0 Å². The third kappa shape index (κ3) is 5.11. The third-order valence-electron chi connectivity index (χ3n) is 4.24. The number of aliphatic hydroxyl groups is 1. The smallest absolute Gasteiger partial charge is 0.249 e. The van der Waals surface area contributed by atoms with Gasteiger partial charge in [-0.1, -0.05) is 44.0 Å². The van der Waals surface area contributed by atoms with Gasteiger partial charge in [0, 0.05) is 6.54 Å². The van der Waals surface area contributed by atoms with Gasteiger partial charge < -0.3 is 15.2 Å². The molecule has 0 heterocycles. The molecule has 4 nitrogen and oxygen atoms in total. The summed E-state index contributed by atoms with van der Waals surface area (Å²) >= 11 is 0. The second-order valence-corrected chi connectivity index (χ2v) is 5.96. The zero-order chi connectivity index (χ0) is 15.8. The molecule has 22 heavy (non-hydrogen) atoms. The number of carbonyl (C=O) groups excluding carboxylic acids is 1. The first kappa shape index (κ1) is 17.0. The van der Waals surface area contributed by atoms with Gasteiger partial charge in [-0.05, 0) is 36.8 Å². The molecule has 1 fully saturated rings. The minimum atomic E-state index is -0.320. The number of aliphatic hydroxyl groups excluding tert-OH is 1. The second kappa shape index (κ2) is 8.91. The van der Waals surface area contributed by atoms with Gasteiger partial charge in [-0.3, -0.25) is 4.79 Å². The minimum absolute atomic E-state index is 0.00128. The van der Waals surface area contributed by atoms with Crippen LogP contribution < -0.4 is 5.32 Å². The van der Waals surface area contributed by atoms with Gasteiger partial charge in [0.25, 0.3) is 0 Å². The van der Waals surface area contributed by atoms with Crippen molar-refractivity contribution >= 4 is 5.91 Å². The molecule has 0 aliphatic heterocycles. The molecule has 1 atom stereocenters. The van der Waals surface area contributed by atoms with Crippen molar-refractivity contribution in [2.24, 2.45) is 0 Å². The van der Waals surface area contributed by atoms with E-state index in [2.05, 4.69) is 5.32 Å². The highest BCUT2D eigenvalue weighted by atomic mass is 16.5. The van der Waals surface area contributed by atoms with Crippen LogP contribution in [-0.4, -0.2) is 29.8 Å². The van der Waals surface area contributed by atoms with Gasteiger partial charge in [-0.25, -0.2) is 0 Å². The third-order valence-corrected chi connectivity index (χ3v) is 4.24. The van der Waals surface area contributed by atoms with E-state index in [9.17, 15) is 4.79 Å². The summed E-state index contributed by atoms with van der Waals surface area (Å²) in [5.74, 6) is 0.00128. The number of nitrogens with one attached hydrogen (secondary N) is 1. The summed E-state index contributed by atoms with van der Waals surface area (Å²) < 4.78 is 5.92. The van der Waals surface area contributed by atoms with E-state index in [1.54, 1.807) is 0 Å². The molecule has 2 rings (SSSR count). The highest BCUT2D eigenvalue weighted by Crippen LogP contribution is 2.22. The molecule has 1 saturated carbocycles. The molecular weight excluding hydrogens is 278 g/mol. The maximum absolute atomic E-state index is 12.2. The molecule has 122 valence electrons. The molecule has 1 aromatic carbocycles. The molecule has 0 radical (unpaired) electrons. The van der Waals surface area contributed by atoms with E-state index < -0.39 is 0 Å². The lowest BCUT2D eigenvalue weighted by atomic mass is 10.1. The Hall–Kier alpha value is -1.39. The van der Waals surface area contributed by atoms with Crippen LogP contribution in [0.15, 0.2) is 24.3 Å². The number of benzene rings is 1. The van der Waals surface area contributed by atoms with Crippen LogP contribution in [0.1, 0.15) is 50.2 Å². The minimum Gasteiger partial charge on any atom is -0.392 e. The predicted octanol–water partition coefficient (Wildman–Crippen LogP) is 2.58. The van der Waals surface area contributed by atoms with Crippen LogP contribution in [0.3, 0.4) is 0 Å². The lowest BCUT2D eigenvalue weighted by Gasteiger charge is -2.20. The van der Waals surface area contributed by atoms with Crippen molar-refractivity contribution in [2.75, 3.05) is 6.54 Å². The van der Waals surface area contributed by atoms with Crippen LogP contribution in [0.2, 0.25) is 0 Å². The van der Waals surface area contributed by atoms with Gasteiger partial charge in [0.15, 0.2) is 0 Å². The Morgan fingerprint density at radius 2 is 1.91 bits per heavy atom. The van der Waals surface area contributed by atoms with Crippen molar-refractivity contribution in [3.05, 3.63) is 35.4 Å². The first-order valence-corrected chi connectivity index (χ1v) is 8.34. The van der Waals surface area contributed by atoms with E-state index in [1.807, 2.05) is 31.2 Å². The number of ether oxygens (including phenoxy) is 1. The number of amides is 1. The Bertz CT molecular complexity index is 452. The van der Waals surface area contributed by atoms with Crippen molar-refractivity contribution in [1.29, 1.82) is 0 Å². The van der Waals surface area contributed by atoms with Crippen LogP contribution in [0.5, 0.6) is 0 Å².